The molecule has 6 nitrogen and oxygen atoms in total. The summed E-state index contributed by atoms with van der Waals surface area (Å²) in [4.78, 5) is 10.2. The van der Waals surface area contributed by atoms with Crippen molar-refractivity contribution >= 4 is 38.7 Å². The molecule has 0 amide bonds. The molecule has 3 N–H and O–H groups in total. The molecule has 0 fully saturated rings. The molecule has 2 heterocycles. The van der Waals surface area contributed by atoms with Crippen LogP contribution in [-0.2, 0) is 24.0 Å². The summed E-state index contributed by atoms with van der Waals surface area (Å²) in [6.45, 7) is 5.63. The molecule has 0 aliphatic rings. The number of para-hydroxylation sites is 1. The number of anilines is 1. The van der Waals surface area contributed by atoms with E-state index in [1.807, 2.05) is 49.4 Å². The number of benzene rings is 2. The van der Waals surface area contributed by atoms with Gasteiger partial charge in [-0.25, -0.2) is 18.9 Å². The van der Waals surface area contributed by atoms with Gasteiger partial charge in [-0.05, 0) is 38.0 Å². The normalized spacial score (nSPS) is 12.6. The molecule has 0 radical (unpaired) electrons. The minimum atomic E-state index is -1.21. The van der Waals surface area contributed by atoms with E-state index in [9.17, 15) is 4.21 Å². The first-order chi connectivity index (χ1) is 15.1. The van der Waals surface area contributed by atoms with Crippen LogP contribution in [0.2, 0.25) is 0 Å². The number of pyridine rings is 1. The van der Waals surface area contributed by atoms with Crippen molar-refractivity contribution in [1.29, 1.82) is 0 Å². The van der Waals surface area contributed by atoms with Crippen molar-refractivity contribution in [2.45, 2.75) is 51.0 Å². The van der Waals surface area contributed by atoms with E-state index >= 15 is 0 Å². The van der Waals surface area contributed by atoms with Crippen molar-refractivity contribution in [3.8, 4) is 0 Å². The Kier molecular flexibility index (Phi) is 6.63. The lowest BCUT2D eigenvalue weighted by atomic mass is 10.2. The third-order valence-electron chi connectivity index (χ3n) is 5.47. The van der Waals surface area contributed by atoms with Crippen molar-refractivity contribution in [3.05, 3.63) is 59.9 Å². The van der Waals surface area contributed by atoms with E-state index in [-0.39, 0.29) is 0 Å². The summed E-state index contributed by atoms with van der Waals surface area (Å²) >= 11 is 0. The van der Waals surface area contributed by atoms with Crippen molar-refractivity contribution in [1.82, 2.24) is 19.3 Å². The molecule has 0 aliphatic heterocycles. The fourth-order valence-corrected chi connectivity index (χ4v) is 4.70. The molecular formula is C24H29N5OS. The molecule has 0 saturated heterocycles. The van der Waals surface area contributed by atoms with Crippen LogP contribution in [0.15, 0.2) is 53.4 Å². The molecule has 162 valence electrons. The van der Waals surface area contributed by atoms with Gasteiger partial charge in [-0.1, -0.05) is 49.2 Å². The Morgan fingerprint density at radius 2 is 1.84 bits per heavy atom. The summed E-state index contributed by atoms with van der Waals surface area (Å²) in [5.74, 6) is 1.52. The maximum atomic E-state index is 12.5. The zero-order valence-corrected chi connectivity index (χ0v) is 18.9. The molecule has 31 heavy (non-hydrogen) atoms. The number of nitrogens with two attached hydrogens (primary N) is 1. The lowest BCUT2D eigenvalue weighted by Crippen LogP contribution is -2.20. The van der Waals surface area contributed by atoms with Gasteiger partial charge in [0.2, 0.25) is 0 Å². The molecule has 4 rings (SSSR count). The number of hydrogen-bond donors (Lipinski definition) is 2. The summed E-state index contributed by atoms with van der Waals surface area (Å²) in [6, 6.07) is 15.8. The van der Waals surface area contributed by atoms with Crippen molar-refractivity contribution < 1.29 is 4.21 Å². The molecule has 0 bridgehead atoms. The van der Waals surface area contributed by atoms with E-state index in [1.165, 1.54) is 0 Å². The van der Waals surface area contributed by atoms with Gasteiger partial charge in [0.25, 0.3) is 0 Å². The van der Waals surface area contributed by atoms with Crippen LogP contribution in [0.1, 0.15) is 37.6 Å². The van der Waals surface area contributed by atoms with Crippen LogP contribution in [0.25, 0.3) is 21.9 Å². The van der Waals surface area contributed by atoms with Gasteiger partial charge >= 0.3 is 0 Å². The fourth-order valence-electron chi connectivity index (χ4n) is 3.82. The van der Waals surface area contributed by atoms with Crippen LogP contribution in [0, 0.1) is 6.92 Å². The molecule has 2 aromatic carbocycles. The third-order valence-corrected chi connectivity index (χ3v) is 6.64. The predicted octanol–water partition coefficient (Wildman–Crippen LogP) is 4.52. The molecule has 1 unspecified atom stereocenters. The first kappa shape index (κ1) is 21.5. The molecule has 2 aromatic heterocycles. The second-order valence-electron chi connectivity index (χ2n) is 7.82. The molecule has 0 saturated carbocycles. The highest BCUT2D eigenvalue weighted by Crippen LogP contribution is 2.29. The molecule has 0 aliphatic carbocycles. The molecule has 7 heteroatoms. The minimum absolute atomic E-state index is 0.476. The maximum absolute atomic E-state index is 12.5. The number of aryl methyl sites for hydroxylation is 3. The standard InChI is InChI=1S/C24H29N5OS/c1-3-4-10-21-28-22-23(19-8-5-6-9-20(19)27-24(22)25)29(21)16-7-15-26-31(30)18-13-11-17(2)12-14-18/h5-6,8-9,11-14,26H,3-4,7,10,15-16H2,1-2H3,(H2,25,27). The molecule has 1 atom stereocenters. The van der Waals surface area contributed by atoms with E-state index < -0.39 is 11.0 Å². The predicted molar refractivity (Wildman–Crippen MR) is 128 cm³/mol. The van der Waals surface area contributed by atoms with Crippen LogP contribution in [0.5, 0.6) is 0 Å². The van der Waals surface area contributed by atoms with Gasteiger partial charge in [0.15, 0.2) is 5.82 Å². The number of nitrogen functional groups attached to an aromatic ring is 1. The lowest BCUT2D eigenvalue weighted by molar-refractivity contribution is 0.603. The smallest absolute Gasteiger partial charge is 0.152 e. The second-order valence-corrected chi connectivity index (χ2v) is 9.12. The summed E-state index contributed by atoms with van der Waals surface area (Å²) in [5, 5.41) is 1.07. The van der Waals surface area contributed by atoms with Crippen LogP contribution in [0.4, 0.5) is 5.82 Å². The fraction of sp³-hybridized carbons (Fsp3) is 0.333. The second kappa shape index (κ2) is 9.58. The summed E-state index contributed by atoms with van der Waals surface area (Å²) in [7, 11) is -1.21. The number of aromatic nitrogens is 3. The Balaban J connectivity index is 1.56. The SMILES string of the molecule is CCCCc1nc2c(N)nc3ccccc3c2n1CCCNS(=O)c1ccc(C)cc1. The maximum Gasteiger partial charge on any atom is 0.152 e. The minimum Gasteiger partial charge on any atom is -0.382 e. The van der Waals surface area contributed by atoms with Gasteiger partial charge in [0, 0.05) is 24.9 Å². The van der Waals surface area contributed by atoms with Crippen LogP contribution in [-0.4, -0.2) is 25.3 Å². The monoisotopic (exact) mass is 435 g/mol. The van der Waals surface area contributed by atoms with E-state index in [0.717, 1.165) is 70.4 Å². The van der Waals surface area contributed by atoms with Gasteiger partial charge in [-0.15, -0.1) is 0 Å². The highest BCUT2D eigenvalue weighted by atomic mass is 32.2. The van der Waals surface area contributed by atoms with Gasteiger partial charge in [-0.2, -0.15) is 0 Å². The highest BCUT2D eigenvalue weighted by Gasteiger charge is 2.17. The van der Waals surface area contributed by atoms with E-state index in [1.54, 1.807) is 0 Å². The Labute approximate surface area is 185 Å². The van der Waals surface area contributed by atoms with Crippen LogP contribution >= 0.6 is 0 Å². The first-order valence-corrected chi connectivity index (χ1v) is 12.0. The number of hydrogen-bond acceptors (Lipinski definition) is 4. The number of rotatable bonds is 9. The number of nitrogens with one attached hydrogen (secondary N) is 1. The topological polar surface area (TPSA) is 85.8 Å². The summed E-state index contributed by atoms with van der Waals surface area (Å²) in [5.41, 5.74) is 10.1. The Morgan fingerprint density at radius 3 is 2.61 bits per heavy atom. The Hall–Kier alpha value is -2.77. The lowest BCUT2D eigenvalue weighted by Gasteiger charge is -2.11. The van der Waals surface area contributed by atoms with Crippen molar-refractivity contribution in [3.63, 3.8) is 0 Å². The molecular weight excluding hydrogens is 406 g/mol. The molecule has 0 spiro atoms. The Bertz CT molecular complexity index is 1220. The van der Waals surface area contributed by atoms with Crippen molar-refractivity contribution in [2.75, 3.05) is 12.3 Å². The number of fused-ring (bicyclic) bond motifs is 3. The first-order valence-electron chi connectivity index (χ1n) is 10.8. The summed E-state index contributed by atoms with van der Waals surface area (Å²) in [6.07, 6.45) is 3.92. The van der Waals surface area contributed by atoms with E-state index in [2.05, 4.69) is 27.3 Å². The Morgan fingerprint density at radius 1 is 1.06 bits per heavy atom. The number of nitrogens with zero attached hydrogens (tertiary/aromatic N) is 3. The van der Waals surface area contributed by atoms with Crippen molar-refractivity contribution in [2.24, 2.45) is 0 Å². The number of unbranched alkanes of at least 4 members (excludes halogenated alkanes) is 1. The zero-order chi connectivity index (χ0) is 21.8. The quantitative estimate of drug-likeness (QED) is 0.379. The average molecular weight is 436 g/mol. The van der Waals surface area contributed by atoms with E-state index in [4.69, 9.17) is 10.7 Å². The third kappa shape index (κ3) is 4.62. The van der Waals surface area contributed by atoms with Crippen LogP contribution < -0.4 is 10.5 Å². The van der Waals surface area contributed by atoms with Gasteiger partial charge in [0.05, 0.1) is 15.9 Å². The van der Waals surface area contributed by atoms with E-state index in [0.29, 0.717) is 12.4 Å². The van der Waals surface area contributed by atoms with Gasteiger partial charge in [-0.3, -0.25) is 0 Å². The average Bonchev–Trinajstić information content (AvgIpc) is 3.15. The summed E-state index contributed by atoms with van der Waals surface area (Å²) < 4.78 is 17.9. The highest BCUT2D eigenvalue weighted by molar-refractivity contribution is 7.83. The molecule has 4 aromatic rings. The van der Waals surface area contributed by atoms with Crippen LogP contribution in [0.3, 0.4) is 0 Å². The number of imidazole rings is 1. The van der Waals surface area contributed by atoms with Gasteiger partial charge in [0.1, 0.15) is 22.3 Å². The zero-order valence-electron chi connectivity index (χ0n) is 18.1. The van der Waals surface area contributed by atoms with Gasteiger partial charge < -0.3 is 10.3 Å². The largest absolute Gasteiger partial charge is 0.382 e.